The monoisotopic (exact) mass is 466 g/mol. The predicted molar refractivity (Wildman–Crippen MR) is 129 cm³/mol. The van der Waals surface area contributed by atoms with E-state index in [1.807, 2.05) is 13.8 Å². The van der Waals surface area contributed by atoms with Gasteiger partial charge in [0.1, 0.15) is 12.3 Å². The van der Waals surface area contributed by atoms with Crippen LogP contribution in [-0.4, -0.2) is 33.8 Å². The van der Waals surface area contributed by atoms with Gasteiger partial charge >= 0.3 is 0 Å². The molecule has 0 saturated heterocycles. The van der Waals surface area contributed by atoms with E-state index in [-0.39, 0.29) is 16.4 Å². The summed E-state index contributed by atoms with van der Waals surface area (Å²) in [6, 6.07) is 18.0. The lowest BCUT2D eigenvalue weighted by Crippen LogP contribution is -2.38. The second kappa shape index (κ2) is 9.87. The fourth-order valence-electron chi connectivity index (χ4n) is 3.28. The number of nitrogens with one attached hydrogen (secondary N) is 1. The average Bonchev–Trinajstić information content (AvgIpc) is 2.77. The number of nitrogens with zero attached hydrogens (tertiary/aromatic N) is 1. The van der Waals surface area contributed by atoms with Crippen LogP contribution in [0.25, 0.3) is 0 Å². The van der Waals surface area contributed by atoms with Crippen LogP contribution in [-0.2, 0) is 14.8 Å². The molecular formula is C25H26N2O5S. The lowest BCUT2D eigenvalue weighted by Gasteiger charge is -2.26. The van der Waals surface area contributed by atoms with E-state index in [0.29, 0.717) is 17.0 Å². The summed E-state index contributed by atoms with van der Waals surface area (Å²) in [5, 5.41) is 2.68. The summed E-state index contributed by atoms with van der Waals surface area (Å²) in [6.45, 7) is 4.63. The van der Waals surface area contributed by atoms with Crippen molar-refractivity contribution < 1.29 is 22.7 Å². The molecule has 1 amide bonds. The molecule has 172 valence electrons. The molecule has 0 aliphatic carbocycles. The number of ether oxygens (including phenoxy) is 1. The second-order valence-electron chi connectivity index (χ2n) is 7.69. The van der Waals surface area contributed by atoms with E-state index in [9.17, 15) is 18.0 Å². The molecule has 0 unspecified atom stereocenters. The maximum atomic E-state index is 13.6. The molecule has 3 aromatic carbocycles. The maximum absolute atomic E-state index is 13.6. The molecule has 1 N–H and O–H groups in total. The summed E-state index contributed by atoms with van der Waals surface area (Å²) >= 11 is 0. The Morgan fingerprint density at radius 2 is 1.61 bits per heavy atom. The average molecular weight is 467 g/mol. The molecule has 7 nitrogen and oxygen atoms in total. The van der Waals surface area contributed by atoms with Crippen molar-refractivity contribution in [3.05, 3.63) is 83.4 Å². The van der Waals surface area contributed by atoms with Gasteiger partial charge in [0, 0.05) is 11.3 Å². The van der Waals surface area contributed by atoms with Gasteiger partial charge < -0.3 is 10.1 Å². The smallest absolute Gasteiger partial charge is 0.264 e. The van der Waals surface area contributed by atoms with E-state index in [4.69, 9.17) is 4.74 Å². The molecule has 3 rings (SSSR count). The van der Waals surface area contributed by atoms with Gasteiger partial charge in [-0.3, -0.25) is 13.9 Å². The Labute approximate surface area is 194 Å². The second-order valence-corrected chi connectivity index (χ2v) is 9.55. The van der Waals surface area contributed by atoms with Gasteiger partial charge in [-0.25, -0.2) is 8.42 Å². The minimum atomic E-state index is -4.09. The number of Topliss-reactive ketones (excluding diaryl/α,β-unsaturated/α-hetero) is 1. The minimum Gasteiger partial charge on any atom is -0.495 e. The van der Waals surface area contributed by atoms with E-state index < -0.39 is 22.5 Å². The lowest BCUT2D eigenvalue weighted by molar-refractivity contribution is -0.114. The molecule has 0 radical (unpaired) electrons. The summed E-state index contributed by atoms with van der Waals surface area (Å²) < 4.78 is 33.6. The number of anilines is 2. The molecule has 0 aliphatic heterocycles. The molecule has 0 bridgehead atoms. The third-order valence-corrected chi connectivity index (χ3v) is 6.83. The quantitative estimate of drug-likeness (QED) is 0.498. The van der Waals surface area contributed by atoms with E-state index in [0.717, 1.165) is 15.4 Å². The van der Waals surface area contributed by atoms with Crippen LogP contribution in [0.5, 0.6) is 5.75 Å². The van der Waals surface area contributed by atoms with Crippen molar-refractivity contribution in [2.24, 2.45) is 0 Å². The van der Waals surface area contributed by atoms with Gasteiger partial charge in [0.2, 0.25) is 5.91 Å². The number of benzene rings is 3. The zero-order valence-electron chi connectivity index (χ0n) is 19.0. The topological polar surface area (TPSA) is 92.8 Å². The molecule has 3 aromatic rings. The zero-order chi connectivity index (χ0) is 24.2. The first kappa shape index (κ1) is 24.0. The minimum absolute atomic E-state index is 0.0584. The SMILES string of the molecule is COc1ccc(C)cc1N(CC(=O)Nc1cccc(C(C)=O)c1)S(=O)(=O)c1ccc(C)cc1. The van der Waals surface area contributed by atoms with Crippen LogP contribution in [0.3, 0.4) is 0 Å². The molecule has 0 saturated carbocycles. The Kier molecular flexibility index (Phi) is 7.18. The number of methoxy groups -OCH3 is 1. The summed E-state index contributed by atoms with van der Waals surface area (Å²) in [5.41, 5.74) is 2.82. The first-order valence-electron chi connectivity index (χ1n) is 10.3. The van der Waals surface area contributed by atoms with Crippen molar-refractivity contribution in [2.45, 2.75) is 25.7 Å². The number of hydrogen-bond donors (Lipinski definition) is 1. The van der Waals surface area contributed by atoms with Crippen LogP contribution in [0.1, 0.15) is 28.4 Å². The number of amides is 1. The summed E-state index contributed by atoms with van der Waals surface area (Å²) in [7, 11) is -2.65. The van der Waals surface area contributed by atoms with Crippen LogP contribution >= 0.6 is 0 Å². The highest BCUT2D eigenvalue weighted by atomic mass is 32.2. The molecule has 0 aliphatic rings. The van der Waals surface area contributed by atoms with Crippen LogP contribution in [0, 0.1) is 13.8 Å². The number of aryl methyl sites for hydroxylation is 2. The third-order valence-electron chi connectivity index (χ3n) is 5.05. The van der Waals surface area contributed by atoms with Gasteiger partial charge in [0.25, 0.3) is 10.0 Å². The van der Waals surface area contributed by atoms with E-state index in [1.165, 1.54) is 26.2 Å². The summed E-state index contributed by atoms with van der Waals surface area (Å²) in [5.74, 6) is -0.378. The van der Waals surface area contributed by atoms with Crippen LogP contribution in [0.4, 0.5) is 11.4 Å². The lowest BCUT2D eigenvalue weighted by atomic mass is 10.1. The molecule has 33 heavy (non-hydrogen) atoms. The maximum Gasteiger partial charge on any atom is 0.264 e. The highest BCUT2D eigenvalue weighted by molar-refractivity contribution is 7.92. The van der Waals surface area contributed by atoms with Gasteiger partial charge in [0.05, 0.1) is 17.7 Å². The Morgan fingerprint density at radius 3 is 2.24 bits per heavy atom. The summed E-state index contributed by atoms with van der Waals surface area (Å²) in [4.78, 5) is 24.7. The molecule has 0 aromatic heterocycles. The number of carbonyl (C=O) groups excluding carboxylic acids is 2. The van der Waals surface area contributed by atoms with Gasteiger partial charge in [-0.15, -0.1) is 0 Å². The van der Waals surface area contributed by atoms with Gasteiger partial charge in [-0.1, -0.05) is 35.9 Å². The summed E-state index contributed by atoms with van der Waals surface area (Å²) in [6.07, 6.45) is 0. The standard InChI is InChI=1S/C25H26N2O5S/c1-17-8-11-22(12-9-17)33(30,31)27(23-14-18(2)10-13-24(23)32-4)16-25(29)26-21-7-5-6-20(15-21)19(3)28/h5-15H,16H2,1-4H3,(H,26,29). The highest BCUT2D eigenvalue weighted by Crippen LogP contribution is 2.33. The first-order chi connectivity index (χ1) is 15.6. The van der Waals surface area contributed by atoms with Crippen LogP contribution < -0.4 is 14.4 Å². The number of carbonyl (C=O) groups is 2. The number of sulfonamides is 1. The highest BCUT2D eigenvalue weighted by Gasteiger charge is 2.29. The molecular weight excluding hydrogens is 440 g/mol. The number of ketones is 1. The fourth-order valence-corrected chi connectivity index (χ4v) is 4.70. The predicted octanol–water partition coefficient (Wildman–Crippen LogP) is 4.35. The fraction of sp³-hybridized carbons (Fsp3) is 0.200. The van der Waals surface area contributed by atoms with Gasteiger partial charge in [-0.05, 0) is 62.7 Å². The molecule has 8 heteroatoms. The van der Waals surface area contributed by atoms with Crippen LogP contribution in [0.15, 0.2) is 71.6 Å². The van der Waals surface area contributed by atoms with Gasteiger partial charge in [-0.2, -0.15) is 0 Å². The van der Waals surface area contributed by atoms with Crippen molar-refractivity contribution in [1.29, 1.82) is 0 Å². The molecule has 0 spiro atoms. The van der Waals surface area contributed by atoms with Crippen molar-refractivity contribution in [2.75, 3.05) is 23.3 Å². The Bertz CT molecular complexity index is 1280. The number of hydrogen-bond acceptors (Lipinski definition) is 5. The van der Waals surface area contributed by atoms with E-state index in [2.05, 4.69) is 5.32 Å². The van der Waals surface area contributed by atoms with Crippen molar-refractivity contribution in [1.82, 2.24) is 0 Å². The third kappa shape index (κ3) is 5.59. The van der Waals surface area contributed by atoms with E-state index in [1.54, 1.807) is 54.6 Å². The Hall–Kier alpha value is -3.65. The zero-order valence-corrected chi connectivity index (χ0v) is 19.8. The van der Waals surface area contributed by atoms with E-state index >= 15 is 0 Å². The Morgan fingerprint density at radius 1 is 0.939 bits per heavy atom. The van der Waals surface area contributed by atoms with Crippen molar-refractivity contribution in [3.63, 3.8) is 0 Å². The molecule has 0 fully saturated rings. The van der Waals surface area contributed by atoms with Gasteiger partial charge in [0.15, 0.2) is 5.78 Å². The largest absolute Gasteiger partial charge is 0.495 e. The number of rotatable bonds is 8. The normalized spacial score (nSPS) is 11.0. The molecule has 0 atom stereocenters. The van der Waals surface area contributed by atoms with Crippen molar-refractivity contribution in [3.8, 4) is 5.75 Å². The first-order valence-corrected chi connectivity index (χ1v) is 11.7. The van der Waals surface area contributed by atoms with Crippen LogP contribution in [0.2, 0.25) is 0 Å². The Balaban J connectivity index is 2.01. The van der Waals surface area contributed by atoms with Crippen molar-refractivity contribution >= 4 is 33.1 Å². The molecule has 0 heterocycles.